The van der Waals surface area contributed by atoms with Gasteiger partial charge in [-0.25, -0.2) is 4.39 Å². The van der Waals surface area contributed by atoms with Gasteiger partial charge in [-0.2, -0.15) is 5.10 Å². The van der Waals surface area contributed by atoms with Crippen molar-refractivity contribution in [3.8, 4) is 12.3 Å². The lowest BCUT2D eigenvalue weighted by Crippen LogP contribution is -2.12. The Morgan fingerprint density at radius 3 is 2.62 bits per heavy atom. The van der Waals surface area contributed by atoms with Crippen molar-refractivity contribution in [1.29, 1.82) is 0 Å². The van der Waals surface area contributed by atoms with Crippen molar-refractivity contribution in [3.63, 3.8) is 0 Å². The van der Waals surface area contributed by atoms with E-state index in [2.05, 4.69) is 16.1 Å². The van der Waals surface area contributed by atoms with Gasteiger partial charge in [-0.05, 0) is 12.1 Å². The molecule has 0 unspecified atom stereocenters. The first kappa shape index (κ1) is 10.7. The van der Waals surface area contributed by atoms with Crippen LogP contribution in [0.5, 0.6) is 0 Å². The highest BCUT2D eigenvalue weighted by Gasteiger charge is 2.22. The Hall–Kier alpha value is -1.82. The molecule has 0 amide bonds. The molecule has 1 aromatic carbocycles. The fourth-order valence-corrected chi connectivity index (χ4v) is 1.77. The highest BCUT2D eigenvalue weighted by atomic mass is 19.1. The maximum absolute atomic E-state index is 13.6. The number of nitrogens with zero attached hydrogens (tertiary/aromatic N) is 1. The van der Waals surface area contributed by atoms with Gasteiger partial charge in [-0.15, -0.1) is 6.42 Å². The van der Waals surface area contributed by atoms with Crippen LogP contribution in [-0.4, -0.2) is 10.2 Å². The van der Waals surface area contributed by atoms with Gasteiger partial charge in [-0.1, -0.05) is 26.7 Å². The standard InChI is InChI=1S/C13H13FN2/c1-5-8-9(14)6-7-10-11(8)12(16-15-10)13(2,3)4/h1,6-7H,2-4H3,(H,15,16). The van der Waals surface area contributed by atoms with Crippen LogP contribution in [0.2, 0.25) is 0 Å². The molecule has 2 rings (SSSR count). The molecule has 0 fully saturated rings. The van der Waals surface area contributed by atoms with Crippen molar-refractivity contribution in [2.24, 2.45) is 0 Å². The summed E-state index contributed by atoms with van der Waals surface area (Å²) >= 11 is 0. The van der Waals surface area contributed by atoms with Gasteiger partial charge in [0.2, 0.25) is 0 Å². The van der Waals surface area contributed by atoms with E-state index in [1.54, 1.807) is 6.07 Å². The van der Waals surface area contributed by atoms with Gasteiger partial charge in [0.25, 0.3) is 0 Å². The summed E-state index contributed by atoms with van der Waals surface area (Å²) in [7, 11) is 0. The van der Waals surface area contributed by atoms with Gasteiger partial charge < -0.3 is 0 Å². The zero-order valence-corrected chi connectivity index (χ0v) is 9.56. The van der Waals surface area contributed by atoms with E-state index < -0.39 is 0 Å². The largest absolute Gasteiger partial charge is 0.281 e. The zero-order valence-electron chi connectivity index (χ0n) is 9.56. The van der Waals surface area contributed by atoms with E-state index in [1.807, 2.05) is 20.8 Å². The molecule has 0 aliphatic rings. The number of halogens is 1. The summed E-state index contributed by atoms with van der Waals surface area (Å²) in [6.07, 6.45) is 5.36. The van der Waals surface area contributed by atoms with Gasteiger partial charge in [0, 0.05) is 16.5 Å². The van der Waals surface area contributed by atoms with Gasteiger partial charge in [-0.3, -0.25) is 5.10 Å². The average Bonchev–Trinajstić information content (AvgIpc) is 2.60. The van der Waals surface area contributed by atoms with Crippen LogP contribution < -0.4 is 0 Å². The van der Waals surface area contributed by atoms with Crippen LogP contribution >= 0.6 is 0 Å². The molecule has 0 saturated heterocycles. The average molecular weight is 216 g/mol. The fourth-order valence-electron chi connectivity index (χ4n) is 1.77. The first-order valence-electron chi connectivity index (χ1n) is 5.09. The molecule has 0 atom stereocenters. The third kappa shape index (κ3) is 1.47. The monoisotopic (exact) mass is 216 g/mol. The van der Waals surface area contributed by atoms with Crippen LogP contribution in [0.3, 0.4) is 0 Å². The van der Waals surface area contributed by atoms with E-state index in [-0.39, 0.29) is 16.8 Å². The molecule has 3 heteroatoms. The summed E-state index contributed by atoms with van der Waals surface area (Å²) in [6.45, 7) is 6.10. The van der Waals surface area contributed by atoms with E-state index in [0.29, 0.717) is 5.52 Å². The van der Waals surface area contributed by atoms with Gasteiger partial charge in [0.05, 0.1) is 11.1 Å². The predicted octanol–water partition coefficient (Wildman–Crippen LogP) is 2.98. The second kappa shape index (κ2) is 3.34. The predicted molar refractivity (Wildman–Crippen MR) is 62.7 cm³/mol. The number of hydrogen-bond acceptors (Lipinski definition) is 1. The summed E-state index contributed by atoms with van der Waals surface area (Å²) in [4.78, 5) is 0. The molecule has 1 aromatic heterocycles. The van der Waals surface area contributed by atoms with Crippen LogP contribution in [0.15, 0.2) is 12.1 Å². The Morgan fingerprint density at radius 1 is 1.38 bits per heavy atom. The highest BCUT2D eigenvalue weighted by Crippen LogP contribution is 2.30. The van der Waals surface area contributed by atoms with E-state index in [1.165, 1.54) is 6.07 Å². The molecule has 1 N–H and O–H groups in total. The minimum absolute atomic E-state index is 0.145. The van der Waals surface area contributed by atoms with Crippen molar-refractivity contribution in [1.82, 2.24) is 10.2 Å². The normalized spacial score (nSPS) is 11.7. The van der Waals surface area contributed by atoms with Crippen LogP contribution in [0, 0.1) is 18.2 Å². The molecular weight excluding hydrogens is 203 g/mol. The summed E-state index contributed by atoms with van der Waals surface area (Å²) in [5.41, 5.74) is 1.72. The Morgan fingerprint density at radius 2 is 2.06 bits per heavy atom. The number of terminal acetylenes is 1. The molecule has 2 aromatic rings. The molecule has 0 aliphatic carbocycles. The maximum atomic E-state index is 13.6. The SMILES string of the molecule is C#Cc1c(F)ccc2n[nH]c(C(C)(C)C)c12. The van der Waals surface area contributed by atoms with Crippen LogP contribution in [0.4, 0.5) is 4.39 Å². The third-order valence-corrected chi connectivity index (χ3v) is 2.56. The summed E-state index contributed by atoms with van der Waals surface area (Å²) < 4.78 is 13.6. The molecular formula is C13H13FN2. The Kier molecular flexibility index (Phi) is 2.23. The fraction of sp³-hybridized carbons (Fsp3) is 0.308. The molecule has 0 saturated carbocycles. The number of aromatic nitrogens is 2. The first-order chi connectivity index (χ1) is 7.45. The molecule has 16 heavy (non-hydrogen) atoms. The quantitative estimate of drug-likeness (QED) is 0.674. The molecule has 0 aliphatic heterocycles. The number of hydrogen-bond donors (Lipinski definition) is 1. The van der Waals surface area contributed by atoms with Crippen molar-refractivity contribution < 1.29 is 4.39 Å². The third-order valence-electron chi connectivity index (χ3n) is 2.56. The van der Waals surface area contributed by atoms with E-state index in [4.69, 9.17) is 6.42 Å². The van der Waals surface area contributed by atoms with E-state index in [0.717, 1.165) is 11.1 Å². The number of H-pyrrole nitrogens is 1. The van der Waals surface area contributed by atoms with Gasteiger partial charge in [0.15, 0.2) is 0 Å². The second-order valence-electron chi connectivity index (χ2n) is 4.81. The van der Waals surface area contributed by atoms with E-state index >= 15 is 0 Å². The van der Waals surface area contributed by atoms with Crippen molar-refractivity contribution in [3.05, 3.63) is 29.2 Å². The number of aromatic amines is 1. The maximum Gasteiger partial charge on any atom is 0.139 e. The minimum atomic E-state index is -0.373. The minimum Gasteiger partial charge on any atom is -0.281 e. The highest BCUT2D eigenvalue weighted by molar-refractivity contribution is 5.88. The number of benzene rings is 1. The number of nitrogens with one attached hydrogen (secondary N) is 1. The van der Waals surface area contributed by atoms with E-state index in [9.17, 15) is 4.39 Å². The zero-order chi connectivity index (χ0) is 11.9. The van der Waals surface area contributed by atoms with Gasteiger partial charge >= 0.3 is 0 Å². The lowest BCUT2D eigenvalue weighted by atomic mass is 9.88. The first-order valence-corrected chi connectivity index (χ1v) is 5.09. The van der Waals surface area contributed by atoms with Crippen LogP contribution in [-0.2, 0) is 5.41 Å². The Labute approximate surface area is 93.9 Å². The van der Waals surface area contributed by atoms with Gasteiger partial charge in [0.1, 0.15) is 5.82 Å². The lowest BCUT2D eigenvalue weighted by molar-refractivity contribution is 0.570. The van der Waals surface area contributed by atoms with Crippen molar-refractivity contribution in [2.75, 3.05) is 0 Å². The summed E-state index contributed by atoms with van der Waals surface area (Å²) in [6, 6.07) is 2.99. The number of fused-ring (bicyclic) bond motifs is 1. The molecule has 2 nitrogen and oxygen atoms in total. The van der Waals surface area contributed by atoms with Crippen LogP contribution in [0.25, 0.3) is 10.9 Å². The Balaban J connectivity index is 2.90. The molecule has 0 bridgehead atoms. The Bertz CT molecular complexity index is 582. The van der Waals surface area contributed by atoms with Crippen molar-refractivity contribution >= 4 is 10.9 Å². The molecule has 0 radical (unpaired) electrons. The summed E-state index contributed by atoms with van der Waals surface area (Å²) in [5.74, 6) is 2.03. The summed E-state index contributed by atoms with van der Waals surface area (Å²) in [5, 5.41) is 7.81. The number of rotatable bonds is 0. The smallest absolute Gasteiger partial charge is 0.139 e. The topological polar surface area (TPSA) is 28.7 Å². The lowest BCUT2D eigenvalue weighted by Gasteiger charge is -2.17. The van der Waals surface area contributed by atoms with Crippen molar-refractivity contribution in [2.45, 2.75) is 26.2 Å². The second-order valence-corrected chi connectivity index (χ2v) is 4.81. The molecule has 1 heterocycles. The molecule has 0 spiro atoms. The van der Waals surface area contributed by atoms with Crippen LogP contribution in [0.1, 0.15) is 32.0 Å². The molecule has 82 valence electrons.